The van der Waals surface area contributed by atoms with Crippen LogP contribution in [0, 0.1) is 0 Å². The smallest absolute Gasteiger partial charge is 0 e. The summed E-state index contributed by atoms with van der Waals surface area (Å²) in [6.45, 7) is 0. The standard InChI is InChI=1S/C2H6S2.2Li/c3-1-2-4;;/h3-4H,1-2H2;;. The molecular weight excluding hydrogens is 102 g/mol. The van der Waals surface area contributed by atoms with E-state index in [9.17, 15) is 0 Å². The molecule has 0 aliphatic heterocycles. The molecule has 0 saturated carbocycles. The summed E-state index contributed by atoms with van der Waals surface area (Å²) in [5.41, 5.74) is 0. The molecule has 0 atom stereocenters. The van der Waals surface area contributed by atoms with Crippen molar-refractivity contribution < 1.29 is 0 Å². The molecule has 0 aliphatic carbocycles. The second-order valence-electron chi connectivity index (χ2n) is 0.447. The molecule has 0 rings (SSSR count). The van der Waals surface area contributed by atoms with E-state index in [0.29, 0.717) is 0 Å². The minimum Gasteiger partial charge on any atom is -0.179 e. The number of thiol groups is 2. The summed E-state index contributed by atoms with van der Waals surface area (Å²) in [5.74, 6) is 1.76. The summed E-state index contributed by atoms with van der Waals surface area (Å²) in [5, 5.41) is 0. The average Bonchev–Trinajstić information content (AvgIpc) is 1.37. The van der Waals surface area contributed by atoms with Crippen molar-refractivity contribution in [2.45, 2.75) is 0 Å². The van der Waals surface area contributed by atoms with E-state index in [1.54, 1.807) is 0 Å². The van der Waals surface area contributed by atoms with Crippen molar-refractivity contribution in [2.75, 3.05) is 11.5 Å². The summed E-state index contributed by atoms with van der Waals surface area (Å²) < 4.78 is 0. The van der Waals surface area contributed by atoms with Gasteiger partial charge in [0, 0.05) is 37.7 Å². The van der Waals surface area contributed by atoms with E-state index in [1.165, 1.54) is 0 Å². The van der Waals surface area contributed by atoms with Crippen LogP contribution in [0.15, 0.2) is 0 Å². The van der Waals surface area contributed by atoms with Crippen molar-refractivity contribution in [1.82, 2.24) is 0 Å². The fourth-order valence-electron chi connectivity index (χ4n) is 0. The van der Waals surface area contributed by atoms with Gasteiger partial charge in [0.15, 0.2) is 0 Å². The molecule has 4 heteroatoms. The zero-order valence-corrected chi connectivity index (χ0v) is 6.10. The Bertz CT molecular complexity index is 11.5. The van der Waals surface area contributed by atoms with Crippen LogP contribution in [0.2, 0.25) is 0 Å². The molecule has 0 saturated heterocycles. The van der Waals surface area contributed by atoms with E-state index in [4.69, 9.17) is 0 Å². The number of hydrogen-bond acceptors (Lipinski definition) is 2. The van der Waals surface area contributed by atoms with Crippen LogP contribution in [0.3, 0.4) is 0 Å². The Balaban J connectivity index is -0.0000000450. The second-order valence-corrected chi connectivity index (χ2v) is 1.34. The normalized spacial score (nSPS) is 5.00. The molecule has 0 aromatic rings. The molecule has 0 unspecified atom stereocenters. The molecule has 0 N–H and O–H groups in total. The maximum atomic E-state index is 3.84. The molecule has 28 valence electrons. The van der Waals surface area contributed by atoms with Crippen molar-refractivity contribution >= 4 is 63.0 Å². The van der Waals surface area contributed by atoms with Crippen molar-refractivity contribution in [3.8, 4) is 0 Å². The molecule has 0 amide bonds. The van der Waals surface area contributed by atoms with Gasteiger partial charge in [-0.1, -0.05) is 0 Å². The van der Waals surface area contributed by atoms with E-state index in [2.05, 4.69) is 25.3 Å². The fourth-order valence-corrected chi connectivity index (χ4v) is 0. The van der Waals surface area contributed by atoms with Gasteiger partial charge in [-0.2, -0.15) is 25.3 Å². The largest absolute Gasteiger partial charge is 0.179 e. The van der Waals surface area contributed by atoms with Crippen LogP contribution in [0.1, 0.15) is 0 Å². The summed E-state index contributed by atoms with van der Waals surface area (Å²) >= 11 is 7.69. The third kappa shape index (κ3) is 16.9. The third-order valence-electron chi connectivity index (χ3n) is 0.1000. The Kier molecular flexibility index (Phi) is 41.2. The molecule has 2 radical (unpaired) electrons. The van der Waals surface area contributed by atoms with Crippen LogP contribution in [-0.4, -0.2) is 49.2 Å². The molecule has 0 bridgehead atoms. The topological polar surface area (TPSA) is 0 Å². The van der Waals surface area contributed by atoms with Gasteiger partial charge in [0.1, 0.15) is 0 Å². The molecule has 0 aromatic carbocycles. The molecule has 0 aromatic heterocycles. The Morgan fingerprint density at radius 3 is 1.00 bits per heavy atom. The quantitative estimate of drug-likeness (QED) is 0.345. The first-order chi connectivity index (χ1) is 1.91. The van der Waals surface area contributed by atoms with E-state index in [-0.39, 0.29) is 37.7 Å². The van der Waals surface area contributed by atoms with Crippen LogP contribution in [0.25, 0.3) is 0 Å². The van der Waals surface area contributed by atoms with Crippen molar-refractivity contribution in [3.63, 3.8) is 0 Å². The summed E-state index contributed by atoms with van der Waals surface area (Å²) in [7, 11) is 0. The number of rotatable bonds is 1. The maximum absolute atomic E-state index is 3.84. The summed E-state index contributed by atoms with van der Waals surface area (Å²) in [6.07, 6.45) is 0. The van der Waals surface area contributed by atoms with Gasteiger partial charge in [-0.25, -0.2) is 0 Å². The van der Waals surface area contributed by atoms with Crippen molar-refractivity contribution in [1.29, 1.82) is 0 Å². The van der Waals surface area contributed by atoms with Crippen LogP contribution < -0.4 is 0 Å². The Labute approximate surface area is 74.0 Å². The van der Waals surface area contributed by atoms with Crippen molar-refractivity contribution in [3.05, 3.63) is 0 Å². The predicted octanol–water partition coefficient (Wildman–Crippen LogP) is 0.0844. The predicted molar refractivity (Wildman–Crippen MR) is 39.2 cm³/mol. The van der Waals surface area contributed by atoms with E-state index < -0.39 is 0 Å². The number of hydrogen-bond donors (Lipinski definition) is 2. The molecule has 0 fully saturated rings. The van der Waals surface area contributed by atoms with Crippen molar-refractivity contribution in [2.24, 2.45) is 0 Å². The molecule has 0 nitrogen and oxygen atoms in total. The first-order valence-electron chi connectivity index (χ1n) is 1.13. The van der Waals surface area contributed by atoms with Gasteiger partial charge in [-0.3, -0.25) is 0 Å². The molecule has 0 aliphatic rings. The molecule has 6 heavy (non-hydrogen) atoms. The zero-order valence-electron chi connectivity index (χ0n) is 4.31. The first-order valence-corrected chi connectivity index (χ1v) is 2.40. The summed E-state index contributed by atoms with van der Waals surface area (Å²) in [6, 6.07) is 0. The minimum atomic E-state index is 0. The Morgan fingerprint density at radius 2 is 1.00 bits per heavy atom. The molecule has 0 heterocycles. The van der Waals surface area contributed by atoms with Crippen LogP contribution >= 0.6 is 25.3 Å². The summed E-state index contributed by atoms with van der Waals surface area (Å²) in [4.78, 5) is 0. The van der Waals surface area contributed by atoms with Gasteiger partial charge in [0.05, 0.1) is 0 Å². The monoisotopic (exact) mass is 108 g/mol. The van der Waals surface area contributed by atoms with Gasteiger partial charge in [0.2, 0.25) is 0 Å². The van der Waals surface area contributed by atoms with Crippen LogP contribution in [-0.2, 0) is 0 Å². The average molecular weight is 108 g/mol. The first kappa shape index (κ1) is 15.7. The maximum Gasteiger partial charge on any atom is 0 e. The van der Waals surface area contributed by atoms with Gasteiger partial charge >= 0.3 is 0 Å². The van der Waals surface area contributed by atoms with Crippen LogP contribution in [0.4, 0.5) is 0 Å². The van der Waals surface area contributed by atoms with E-state index in [0.717, 1.165) is 11.5 Å². The third-order valence-corrected chi connectivity index (χ3v) is 0.900. The molecular formula is C2H6Li2S2. The molecule has 0 spiro atoms. The zero-order chi connectivity index (χ0) is 3.41. The fraction of sp³-hybridized carbons (Fsp3) is 1.00. The SMILES string of the molecule is SCCS.[Li].[Li]. The minimum absolute atomic E-state index is 0. The Morgan fingerprint density at radius 1 is 0.833 bits per heavy atom. The van der Waals surface area contributed by atoms with Crippen LogP contribution in [0.5, 0.6) is 0 Å². The Hall–Kier alpha value is 1.89. The van der Waals surface area contributed by atoms with Gasteiger partial charge in [0.25, 0.3) is 0 Å². The van der Waals surface area contributed by atoms with E-state index in [1.807, 2.05) is 0 Å². The van der Waals surface area contributed by atoms with Gasteiger partial charge < -0.3 is 0 Å². The van der Waals surface area contributed by atoms with Gasteiger partial charge in [-0.05, 0) is 11.5 Å². The second kappa shape index (κ2) is 15.8. The van der Waals surface area contributed by atoms with E-state index >= 15 is 0 Å². The van der Waals surface area contributed by atoms with Gasteiger partial charge in [-0.15, -0.1) is 0 Å².